The van der Waals surface area contributed by atoms with Crippen LogP contribution in [0.3, 0.4) is 0 Å². The highest BCUT2D eigenvalue weighted by Crippen LogP contribution is 2.15. The van der Waals surface area contributed by atoms with Crippen LogP contribution in [0.1, 0.15) is 51.0 Å². The highest BCUT2D eigenvalue weighted by atomic mass is 16.7. The van der Waals surface area contributed by atoms with Crippen LogP contribution >= 0.6 is 0 Å². The number of hydrogen-bond acceptors (Lipinski definition) is 15. The Balaban J connectivity index is 0.00000773. The maximum atomic E-state index is 9.66. The average molecular weight is 835 g/mol. The molecule has 0 aliphatic carbocycles. The molecule has 1 atom stereocenters. The number of methoxy groups -OCH3 is 1. The van der Waals surface area contributed by atoms with E-state index in [2.05, 4.69) is 37.0 Å². The third-order valence-electron chi connectivity index (χ3n) is 7.64. The third kappa shape index (κ3) is 44.7. The largest absolute Gasteiger partial charge is 0.505 e. The first-order valence-corrected chi connectivity index (χ1v) is 20.8. The molecule has 1 unspecified atom stereocenters. The fraction of sp³-hybridized carbons (Fsp3) is 0.767. The van der Waals surface area contributed by atoms with Crippen LogP contribution in [-0.2, 0) is 68.0 Å². The number of aliphatic hydroxyl groups excluding tert-OH is 1. The van der Waals surface area contributed by atoms with E-state index in [1.807, 2.05) is 12.1 Å². The Morgan fingerprint density at radius 2 is 0.845 bits per heavy atom. The summed E-state index contributed by atoms with van der Waals surface area (Å²) in [5.74, 6) is 0.881. The number of rotatable bonds is 46. The Morgan fingerprint density at radius 3 is 1.24 bits per heavy atom. The molecule has 1 aromatic rings. The second kappa shape index (κ2) is 49.0. The van der Waals surface area contributed by atoms with Gasteiger partial charge in [-0.2, -0.15) is 0 Å². The predicted molar refractivity (Wildman–Crippen MR) is 223 cm³/mol. The van der Waals surface area contributed by atoms with Crippen LogP contribution in [0.25, 0.3) is 0 Å². The topological polar surface area (TPSA) is 149 Å². The van der Waals surface area contributed by atoms with Crippen molar-refractivity contribution in [2.75, 3.05) is 159 Å². The van der Waals surface area contributed by atoms with Crippen LogP contribution in [0.15, 0.2) is 49.9 Å². The van der Waals surface area contributed by atoms with E-state index in [0.29, 0.717) is 132 Å². The van der Waals surface area contributed by atoms with Crippen molar-refractivity contribution in [3.8, 4) is 5.75 Å². The highest BCUT2D eigenvalue weighted by molar-refractivity contribution is 5.27. The molecule has 0 aromatic heterocycles. The van der Waals surface area contributed by atoms with Gasteiger partial charge in [0.25, 0.3) is 0 Å². The van der Waals surface area contributed by atoms with Gasteiger partial charge in [0, 0.05) is 0 Å². The molecular formula is C43H78O15. The summed E-state index contributed by atoms with van der Waals surface area (Å²) in [7, 11) is 1.56. The molecule has 1 aromatic carbocycles. The van der Waals surface area contributed by atoms with Gasteiger partial charge in [-0.05, 0) is 30.5 Å². The minimum Gasteiger partial charge on any atom is -0.505 e. The summed E-state index contributed by atoms with van der Waals surface area (Å²) < 4.78 is 74.8. The number of aryl methyl sites for hydroxylation is 1. The molecule has 15 heteroatoms. The number of aliphatic hydroxyl groups is 1. The molecule has 0 fully saturated rings. The molecule has 0 aliphatic heterocycles. The molecule has 340 valence electrons. The molecule has 0 spiro atoms. The first kappa shape index (κ1) is 55.6. The molecule has 0 saturated heterocycles. The lowest BCUT2D eigenvalue weighted by Gasteiger charge is -2.12. The van der Waals surface area contributed by atoms with Gasteiger partial charge in [0.05, 0.1) is 158 Å². The minimum absolute atomic E-state index is 0.0538. The lowest BCUT2D eigenvalue weighted by Crippen LogP contribution is -2.23. The first-order chi connectivity index (χ1) is 28.7. The van der Waals surface area contributed by atoms with Gasteiger partial charge in [0.1, 0.15) is 18.5 Å². The normalized spacial score (nSPS) is 11.5. The standard InChI is InChI=1S/C40H72O14.C3H6O/c1-3-5-6-7-8-9-10-38-11-13-40(14-12-38)54-34-33-51-30-29-49-26-25-47-22-21-45-18-17-43-15-16-44-19-20-46-23-24-48-27-28-50-31-32-52-35-39(41)36-53-37-42-4-2;1-3-4-2/h4,11-14,39,41H,2-3,5-10,15-37H2,1H3;3H,1H2,2H3. The Morgan fingerprint density at radius 1 is 0.483 bits per heavy atom. The lowest BCUT2D eigenvalue weighted by molar-refractivity contribution is -0.0731. The van der Waals surface area contributed by atoms with Crippen molar-refractivity contribution >= 4 is 0 Å². The van der Waals surface area contributed by atoms with Gasteiger partial charge >= 0.3 is 0 Å². The number of hydrogen-bond donors (Lipinski definition) is 1. The van der Waals surface area contributed by atoms with Crippen LogP contribution in [0, 0.1) is 0 Å². The Hall–Kier alpha value is -2.38. The fourth-order valence-electron chi connectivity index (χ4n) is 4.61. The van der Waals surface area contributed by atoms with Crippen LogP contribution in [0.2, 0.25) is 0 Å². The average Bonchev–Trinajstić information content (AvgIpc) is 3.24. The Labute approximate surface area is 349 Å². The van der Waals surface area contributed by atoms with Crippen molar-refractivity contribution in [3.05, 3.63) is 55.5 Å². The predicted octanol–water partition coefficient (Wildman–Crippen LogP) is 5.41. The molecular weight excluding hydrogens is 756 g/mol. The molecule has 0 heterocycles. The summed E-state index contributed by atoms with van der Waals surface area (Å²) in [6.45, 7) is 19.0. The number of benzene rings is 1. The zero-order chi connectivity index (χ0) is 42.1. The molecule has 0 bridgehead atoms. The maximum Gasteiger partial charge on any atom is 0.188 e. The molecule has 0 radical (unpaired) electrons. The quantitative estimate of drug-likeness (QED) is 0.0507. The van der Waals surface area contributed by atoms with E-state index < -0.39 is 6.10 Å². The summed E-state index contributed by atoms with van der Waals surface area (Å²) in [5.41, 5.74) is 1.37. The Kier molecular flexibility index (Phi) is 47.0. The molecule has 0 aliphatic rings. The summed E-state index contributed by atoms with van der Waals surface area (Å²) in [6, 6.07) is 8.42. The van der Waals surface area contributed by atoms with Crippen LogP contribution in [0.4, 0.5) is 0 Å². The van der Waals surface area contributed by atoms with Crippen molar-refractivity contribution < 1.29 is 71.4 Å². The van der Waals surface area contributed by atoms with Crippen molar-refractivity contribution in [2.24, 2.45) is 0 Å². The third-order valence-corrected chi connectivity index (χ3v) is 7.64. The molecule has 1 rings (SSSR count). The summed E-state index contributed by atoms with van der Waals surface area (Å²) in [5, 5.41) is 9.66. The second-order valence-electron chi connectivity index (χ2n) is 12.5. The van der Waals surface area contributed by atoms with Crippen LogP contribution in [-0.4, -0.2) is 170 Å². The van der Waals surface area contributed by atoms with Gasteiger partial charge < -0.3 is 71.4 Å². The van der Waals surface area contributed by atoms with Gasteiger partial charge in [-0.3, -0.25) is 0 Å². The molecule has 1 N–H and O–H groups in total. The minimum atomic E-state index is -0.718. The van der Waals surface area contributed by atoms with Crippen molar-refractivity contribution in [1.29, 1.82) is 0 Å². The van der Waals surface area contributed by atoms with E-state index in [1.54, 1.807) is 7.11 Å². The zero-order valence-corrected chi connectivity index (χ0v) is 35.8. The Bertz CT molecular complexity index is 941. The summed E-state index contributed by atoms with van der Waals surface area (Å²) in [4.78, 5) is 0. The molecule has 58 heavy (non-hydrogen) atoms. The van der Waals surface area contributed by atoms with E-state index in [-0.39, 0.29) is 20.0 Å². The van der Waals surface area contributed by atoms with Gasteiger partial charge in [-0.15, -0.1) is 0 Å². The summed E-state index contributed by atoms with van der Waals surface area (Å²) in [6.07, 6.45) is 11.0. The van der Waals surface area contributed by atoms with Gasteiger partial charge in [-0.1, -0.05) is 64.3 Å². The highest BCUT2D eigenvalue weighted by Gasteiger charge is 2.04. The lowest BCUT2D eigenvalue weighted by atomic mass is 10.0. The van der Waals surface area contributed by atoms with E-state index in [1.165, 1.54) is 56.6 Å². The van der Waals surface area contributed by atoms with Crippen molar-refractivity contribution in [2.45, 2.75) is 58.0 Å². The van der Waals surface area contributed by atoms with Crippen molar-refractivity contribution in [3.63, 3.8) is 0 Å². The number of unbranched alkanes of at least 4 members (excludes halogenated alkanes) is 5. The van der Waals surface area contributed by atoms with Gasteiger partial charge in [0.15, 0.2) is 6.79 Å². The zero-order valence-electron chi connectivity index (χ0n) is 35.8. The second-order valence-corrected chi connectivity index (χ2v) is 12.5. The van der Waals surface area contributed by atoms with Crippen LogP contribution < -0.4 is 4.74 Å². The number of ether oxygens (including phenoxy) is 14. The monoisotopic (exact) mass is 835 g/mol. The molecule has 0 saturated carbocycles. The smallest absolute Gasteiger partial charge is 0.188 e. The van der Waals surface area contributed by atoms with E-state index in [4.69, 9.17) is 61.6 Å². The summed E-state index contributed by atoms with van der Waals surface area (Å²) >= 11 is 0. The van der Waals surface area contributed by atoms with E-state index >= 15 is 0 Å². The SMILES string of the molecule is C=COC.C=COCOCC(O)COCCOCCOCCOCCOCCOCCOCCOCCOCCOCCOc1ccc(CCCCCCCC)cc1. The van der Waals surface area contributed by atoms with Crippen molar-refractivity contribution in [1.82, 2.24) is 0 Å². The molecule has 15 nitrogen and oxygen atoms in total. The molecule has 0 amide bonds. The maximum absolute atomic E-state index is 9.66. The van der Waals surface area contributed by atoms with E-state index in [9.17, 15) is 5.11 Å². The van der Waals surface area contributed by atoms with E-state index in [0.717, 1.165) is 12.2 Å². The first-order valence-electron chi connectivity index (χ1n) is 20.8. The van der Waals surface area contributed by atoms with Gasteiger partial charge in [-0.25, -0.2) is 0 Å². The van der Waals surface area contributed by atoms with Gasteiger partial charge in [0.2, 0.25) is 0 Å². The van der Waals surface area contributed by atoms with Crippen LogP contribution in [0.5, 0.6) is 5.75 Å². The fourth-order valence-corrected chi connectivity index (χ4v) is 4.61.